The van der Waals surface area contributed by atoms with Crippen molar-refractivity contribution in [3.8, 4) is 0 Å². The average Bonchev–Trinajstić information content (AvgIpc) is 3.20. The summed E-state index contributed by atoms with van der Waals surface area (Å²) in [5.74, 6) is -0.572. The lowest BCUT2D eigenvalue weighted by atomic mass is 10.1. The van der Waals surface area contributed by atoms with Crippen LogP contribution >= 0.6 is 11.6 Å². The number of anilines is 1. The van der Waals surface area contributed by atoms with Crippen molar-refractivity contribution >= 4 is 41.2 Å². The van der Waals surface area contributed by atoms with Crippen molar-refractivity contribution in [3.05, 3.63) is 40.7 Å². The van der Waals surface area contributed by atoms with Gasteiger partial charge in [0.25, 0.3) is 5.91 Å². The molecule has 0 aliphatic carbocycles. The third-order valence-electron chi connectivity index (χ3n) is 5.39. The molecule has 0 N–H and O–H groups in total. The Morgan fingerprint density at radius 1 is 1.27 bits per heavy atom. The Kier molecular flexibility index (Phi) is 4.93. The highest BCUT2D eigenvalue weighted by Crippen LogP contribution is 2.38. The number of benzene rings is 1. The molecule has 30 heavy (non-hydrogen) atoms. The van der Waals surface area contributed by atoms with Gasteiger partial charge in [-0.05, 0) is 38.5 Å². The van der Waals surface area contributed by atoms with Crippen LogP contribution in [-0.4, -0.2) is 71.0 Å². The number of hydrogen-bond acceptors (Lipinski definition) is 7. The van der Waals surface area contributed by atoms with E-state index >= 15 is 0 Å². The van der Waals surface area contributed by atoms with E-state index in [0.717, 1.165) is 21.8 Å². The van der Waals surface area contributed by atoms with E-state index in [2.05, 4.69) is 0 Å². The number of allylic oxidation sites excluding steroid dienone is 1. The van der Waals surface area contributed by atoms with Gasteiger partial charge in [-0.25, -0.2) is 9.79 Å². The number of nitrogens with zero attached hydrogens (tertiary/aromatic N) is 5. The first-order valence-corrected chi connectivity index (χ1v) is 9.97. The topological polar surface area (TPSA) is 85.8 Å². The molecule has 0 saturated carbocycles. The lowest BCUT2D eigenvalue weighted by Gasteiger charge is -2.39. The number of urea groups is 1. The van der Waals surface area contributed by atoms with Gasteiger partial charge in [-0.2, -0.15) is 0 Å². The molecule has 9 nitrogen and oxygen atoms in total. The summed E-state index contributed by atoms with van der Waals surface area (Å²) < 4.78 is 4.91. The van der Waals surface area contributed by atoms with Gasteiger partial charge in [0.1, 0.15) is 6.54 Å². The summed E-state index contributed by atoms with van der Waals surface area (Å²) in [5.41, 5.74) is 2.70. The number of aliphatic imine (C=N–C) groups is 1. The van der Waals surface area contributed by atoms with Crippen LogP contribution in [0.25, 0.3) is 0 Å². The predicted molar refractivity (Wildman–Crippen MR) is 111 cm³/mol. The second-order valence-corrected chi connectivity index (χ2v) is 7.79. The third-order valence-corrected chi connectivity index (χ3v) is 5.63. The Hall–Kier alpha value is -3.07. The highest BCUT2D eigenvalue weighted by molar-refractivity contribution is 6.31. The molecule has 4 rings (SSSR count). The number of rotatable bonds is 4. The minimum absolute atomic E-state index is 0.173. The van der Waals surface area contributed by atoms with Crippen LogP contribution in [-0.2, 0) is 14.3 Å². The molecule has 0 bridgehead atoms. The molecule has 0 spiro atoms. The van der Waals surface area contributed by atoms with Gasteiger partial charge in [-0.15, -0.1) is 0 Å². The summed E-state index contributed by atoms with van der Waals surface area (Å²) in [4.78, 5) is 48.5. The predicted octanol–water partition coefficient (Wildman–Crippen LogP) is 2.15. The molecule has 3 aliphatic heterocycles. The number of ether oxygens (including phenoxy) is 1. The number of carbonyl (C=O) groups excluding carboxylic acids is 3. The first kappa shape index (κ1) is 20.2. The van der Waals surface area contributed by atoms with Crippen LogP contribution in [0.4, 0.5) is 10.5 Å². The van der Waals surface area contributed by atoms with Crippen LogP contribution in [0, 0.1) is 6.92 Å². The summed E-state index contributed by atoms with van der Waals surface area (Å²) in [7, 11) is 1.57. The van der Waals surface area contributed by atoms with E-state index in [0.29, 0.717) is 11.0 Å². The standard InChI is InChI=1S/C20H22ClN5O4/c1-5-30-15(27)10-25-18(28)16-17(23(4)20(25)29)22-19-24(16)9-12(3)26(19)14-8-13(21)7-6-11(14)2/h6-9,16-17H,5,10H2,1-4H3. The molecule has 0 radical (unpaired) electrons. The molecule has 10 heteroatoms. The molecular weight excluding hydrogens is 410 g/mol. The van der Waals surface area contributed by atoms with E-state index in [1.54, 1.807) is 18.9 Å². The molecule has 1 fully saturated rings. The largest absolute Gasteiger partial charge is 0.465 e. The van der Waals surface area contributed by atoms with Crippen LogP contribution in [0.3, 0.4) is 0 Å². The number of imide groups is 1. The maximum absolute atomic E-state index is 13.2. The van der Waals surface area contributed by atoms with Crippen molar-refractivity contribution in [2.24, 2.45) is 4.99 Å². The van der Waals surface area contributed by atoms with Gasteiger partial charge in [0, 0.05) is 24.0 Å². The van der Waals surface area contributed by atoms with Crippen molar-refractivity contribution in [3.63, 3.8) is 0 Å². The number of esters is 1. The van der Waals surface area contributed by atoms with Crippen molar-refractivity contribution in [2.75, 3.05) is 25.1 Å². The first-order valence-electron chi connectivity index (χ1n) is 9.59. The second-order valence-electron chi connectivity index (χ2n) is 7.35. The number of likely N-dealkylation sites (N-methyl/N-ethyl adjacent to an activating group) is 1. The van der Waals surface area contributed by atoms with Crippen LogP contribution in [0.5, 0.6) is 0 Å². The Labute approximate surface area is 179 Å². The molecule has 2 atom stereocenters. The fraction of sp³-hybridized carbons (Fsp3) is 0.400. The first-order chi connectivity index (χ1) is 14.2. The number of carbonyl (C=O) groups is 3. The SMILES string of the molecule is CCOC(=O)CN1C(=O)C2C(N=C3N(c4cc(Cl)ccc4C)C(C)=CN32)N(C)C1=O. The van der Waals surface area contributed by atoms with Gasteiger partial charge in [0.05, 0.1) is 12.3 Å². The van der Waals surface area contributed by atoms with Crippen molar-refractivity contribution in [2.45, 2.75) is 33.0 Å². The summed E-state index contributed by atoms with van der Waals surface area (Å²) in [6.45, 7) is 5.29. The maximum atomic E-state index is 13.2. The monoisotopic (exact) mass is 431 g/mol. The summed E-state index contributed by atoms with van der Waals surface area (Å²) in [5, 5.41) is 0.585. The number of amides is 3. The van der Waals surface area contributed by atoms with E-state index in [-0.39, 0.29) is 6.61 Å². The van der Waals surface area contributed by atoms with E-state index in [9.17, 15) is 14.4 Å². The Morgan fingerprint density at radius 3 is 2.70 bits per heavy atom. The normalized spacial score (nSPS) is 22.8. The fourth-order valence-corrected chi connectivity index (χ4v) is 4.12. The number of hydrogen-bond donors (Lipinski definition) is 0. The van der Waals surface area contributed by atoms with Crippen LogP contribution < -0.4 is 4.90 Å². The molecule has 0 aromatic heterocycles. The number of fused-ring (bicyclic) bond motifs is 3. The zero-order valence-electron chi connectivity index (χ0n) is 17.1. The maximum Gasteiger partial charge on any atom is 0.328 e. The molecule has 158 valence electrons. The third kappa shape index (κ3) is 3.00. The van der Waals surface area contributed by atoms with Gasteiger partial charge in [-0.1, -0.05) is 17.7 Å². The van der Waals surface area contributed by atoms with Crippen LogP contribution in [0.2, 0.25) is 5.02 Å². The quantitative estimate of drug-likeness (QED) is 0.679. The minimum atomic E-state index is -0.753. The van der Waals surface area contributed by atoms with Gasteiger partial charge >= 0.3 is 12.0 Å². The second kappa shape index (κ2) is 7.32. The van der Waals surface area contributed by atoms with Gasteiger partial charge < -0.3 is 14.5 Å². The summed E-state index contributed by atoms with van der Waals surface area (Å²) in [6.07, 6.45) is 1.14. The molecule has 1 aromatic carbocycles. The number of halogens is 1. The summed E-state index contributed by atoms with van der Waals surface area (Å²) in [6, 6.07) is 4.24. The van der Waals surface area contributed by atoms with Gasteiger partial charge in [0.15, 0.2) is 12.2 Å². The zero-order valence-corrected chi connectivity index (χ0v) is 17.9. The lowest BCUT2D eigenvalue weighted by Crippen LogP contribution is -2.65. The molecule has 1 saturated heterocycles. The van der Waals surface area contributed by atoms with Crippen molar-refractivity contribution < 1.29 is 19.1 Å². The fourth-order valence-electron chi connectivity index (χ4n) is 3.96. The number of aryl methyl sites for hydroxylation is 1. The molecular formula is C20H22ClN5O4. The van der Waals surface area contributed by atoms with E-state index < -0.39 is 36.7 Å². The molecule has 2 unspecified atom stereocenters. The molecule has 1 aromatic rings. The Morgan fingerprint density at radius 2 is 2.00 bits per heavy atom. The van der Waals surface area contributed by atoms with Crippen molar-refractivity contribution in [1.82, 2.24) is 14.7 Å². The Balaban J connectivity index is 1.69. The highest BCUT2D eigenvalue weighted by atomic mass is 35.5. The Bertz CT molecular complexity index is 1010. The molecule has 3 heterocycles. The number of guanidine groups is 1. The highest BCUT2D eigenvalue weighted by Gasteiger charge is 2.54. The minimum Gasteiger partial charge on any atom is -0.465 e. The van der Waals surface area contributed by atoms with Gasteiger partial charge in [0.2, 0.25) is 5.96 Å². The lowest BCUT2D eigenvalue weighted by molar-refractivity contribution is -0.150. The average molecular weight is 432 g/mol. The molecule has 3 aliphatic rings. The molecule has 3 amide bonds. The summed E-state index contributed by atoms with van der Waals surface area (Å²) >= 11 is 6.21. The zero-order chi connectivity index (χ0) is 21.7. The van der Waals surface area contributed by atoms with Crippen LogP contribution in [0.15, 0.2) is 35.1 Å². The van der Waals surface area contributed by atoms with Crippen molar-refractivity contribution in [1.29, 1.82) is 0 Å². The van der Waals surface area contributed by atoms with E-state index in [4.69, 9.17) is 21.3 Å². The smallest absolute Gasteiger partial charge is 0.328 e. The van der Waals surface area contributed by atoms with Crippen LogP contribution in [0.1, 0.15) is 19.4 Å². The van der Waals surface area contributed by atoms with Gasteiger partial charge in [-0.3, -0.25) is 19.4 Å². The van der Waals surface area contributed by atoms with E-state index in [1.807, 2.05) is 43.1 Å². The van der Waals surface area contributed by atoms with E-state index in [1.165, 1.54) is 4.90 Å².